The van der Waals surface area contributed by atoms with Crippen LogP contribution in [0.3, 0.4) is 0 Å². The zero-order valence-corrected chi connectivity index (χ0v) is 14.1. The summed E-state index contributed by atoms with van der Waals surface area (Å²) < 4.78 is 41.5. The lowest BCUT2D eigenvalue weighted by Crippen LogP contribution is -2.26. The van der Waals surface area contributed by atoms with Crippen molar-refractivity contribution in [2.24, 2.45) is 0 Å². The van der Waals surface area contributed by atoms with E-state index in [1.54, 1.807) is 4.52 Å². The number of hydrogen-bond acceptors (Lipinski definition) is 1. The number of alkyl halides is 3. The van der Waals surface area contributed by atoms with E-state index in [1.165, 1.54) is 16.8 Å². The number of aromatic nitrogens is 3. The molecule has 126 valence electrons. The molecule has 4 rings (SSSR count). The van der Waals surface area contributed by atoms with Crippen molar-refractivity contribution >= 4 is 32.3 Å². The van der Waals surface area contributed by atoms with Gasteiger partial charge in [0.2, 0.25) is 0 Å². The molecule has 0 atom stereocenters. The van der Waals surface area contributed by atoms with Gasteiger partial charge in [-0.3, -0.25) is 0 Å². The highest BCUT2D eigenvalue weighted by Gasteiger charge is 2.30. The van der Waals surface area contributed by atoms with E-state index in [0.29, 0.717) is 15.7 Å². The quantitative estimate of drug-likeness (QED) is 0.477. The monoisotopic (exact) mass is 408 g/mol. The molecule has 0 spiro atoms. The molecule has 4 nitrogen and oxygen atoms in total. The highest BCUT2D eigenvalue weighted by Crippen LogP contribution is 2.29. The van der Waals surface area contributed by atoms with Gasteiger partial charge in [0.1, 0.15) is 0 Å². The van der Waals surface area contributed by atoms with Crippen molar-refractivity contribution in [2.75, 3.05) is 0 Å². The number of pyridine rings is 1. The average molecular weight is 409 g/mol. The van der Waals surface area contributed by atoms with Gasteiger partial charge in [-0.15, -0.1) is 4.52 Å². The van der Waals surface area contributed by atoms with Gasteiger partial charge in [0.05, 0.1) is 10.0 Å². The molecule has 0 saturated heterocycles. The Hall–Kier alpha value is -2.61. The van der Waals surface area contributed by atoms with E-state index in [0.717, 1.165) is 23.0 Å². The van der Waals surface area contributed by atoms with Crippen LogP contribution >= 0.6 is 15.9 Å². The molecule has 2 heterocycles. The van der Waals surface area contributed by atoms with Crippen molar-refractivity contribution in [2.45, 2.75) is 6.18 Å². The van der Waals surface area contributed by atoms with Crippen LogP contribution in [0.4, 0.5) is 13.2 Å². The number of aromatic amines is 1. The predicted molar refractivity (Wildman–Crippen MR) is 89.8 cm³/mol. The second kappa shape index (κ2) is 5.45. The summed E-state index contributed by atoms with van der Waals surface area (Å²) >= 11 is 3.39. The summed E-state index contributed by atoms with van der Waals surface area (Å²) in [6, 6.07) is 13.7. The van der Waals surface area contributed by atoms with Crippen molar-refractivity contribution in [3.05, 3.63) is 75.0 Å². The van der Waals surface area contributed by atoms with Gasteiger partial charge in [0, 0.05) is 5.39 Å². The standard InChI is InChI=1S/C17H9BrF3N3O/c18-13-9-10-3-1-2-4-14(10)24-15(13)16(25)23(22-24)12-7-5-11(6-8-12)17(19,20)21/h1-9H/p+1. The Labute approximate surface area is 147 Å². The van der Waals surface area contributed by atoms with Crippen molar-refractivity contribution in [1.29, 1.82) is 0 Å². The number of hydrogen-bond donors (Lipinski definition) is 1. The number of nitrogens with zero attached hydrogens (tertiary/aromatic N) is 2. The smallest absolute Gasteiger partial charge is 0.234 e. The molecule has 0 aliphatic carbocycles. The Balaban J connectivity index is 1.97. The first-order valence-corrected chi connectivity index (χ1v) is 8.07. The zero-order chi connectivity index (χ0) is 17.8. The molecular formula is C17H10BrF3N3O+. The molecule has 25 heavy (non-hydrogen) atoms. The minimum Gasteiger partial charge on any atom is -0.234 e. The number of benzene rings is 2. The Morgan fingerprint density at radius 3 is 2.40 bits per heavy atom. The molecule has 8 heteroatoms. The zero-order valence-electron chi connectivity index (χ0n) is 12.5. The van der Waals surface area contributed by atoms with E-state index in [2.05, 4.69) is 21.1 Å². The molecule has 0 radical (unpaired) electrons. The summed E-state index contributed by atoms with van der Waals surface area (Å²) in [5, 5.41) is 3.84. The summed E-state index contributed by atoms with van der Waals surface area (Å²) in [5.74, 6) is 0. The van der Waals surface area contributed by atoms with E-state index < -0.39 is 11.7 Å². The maximum atomic E-state index is 12.7. The van der Waals surface area contributed by atoms with E-state index >= 15 is 0 Å². The molecular weight excluding hydrogens is 399 g/mol. The van der Waals surface area contributed by atoms with Crippen molar-refractivity contribution < 1.29 is 17.7 Å². The van der Waals surface area contributed by atoms with E-state index in [1.807, 2.05) is 30.3 Å². The number of fused-ring (bicyclic) bond motifs is 3. The van der Waals surface area contributed by atoms with Crippen molar-refractivity contribution in [3.8, 4) is 5.69 Å². The van der Waals surface area contributed by atoms with Gasteiger partial charge in [0.25, 0.3) is 5.52 Å². The molecule has 2 aromatic carbocycles. The maximum Gasteiger partial charge on any atom is 0.416 e. The van der Waals surface area contributed by atoms with Crippen LogP contribution in [0.2, 0.25) is 0 Å². The highest BCUT2D eigenvalue weighted by atomic mass is 79.9. The normalized spacial score (nSPS) is 12.2. The fourth-order valence-corrected chi connectivity index (χ4v) is 3.37. The highest BCUT2D eigenvalue weighted by molar-refractivity contribution is 9.10. The third kappa shape index (κ3) is 2.53. The molecule has 1 N–H and O–H groups in total. The van der Waals surface area contributed by atoms with Gasteiger partial charge in [-0.2, -0.15) is 13.2 Å². The first kappa shape index (κ1) is 15.9. The number of para-hydroxylation sites is 1. The molecule has 0 amide bonds. The Morgan fingerprint density at radius 2 is 1.72 bits per heavy atom. The lowest BCUT2D eigenvalue weighted by molar-refractivity contribution is -0.556. The molecule has 0 fully saturated rings. The number of nitrogens with one attached hydrogen (secondary N) is 1. The first-order chi connectivity index (χ1) is 11.9. The summed E-state index contributed by atoms with van der Waals surface area (Å²) in [6.45, 7) is 0. The second-order valence-electron chi connectivity index (χ2n) is 5.52. The summed E-state index contributed by atoms with van der Waals surface area (Å²) in [7, 11) is 0. The van der Waals surface area contributed by atoms with Crippen LogP contribution in [0.5, 0.6) is 0 Å². The number of rotatable bonds is 1. The van der Waals surface area contributed by atoms with Crippen molar-refractivity contribution in [1.82, 2.24) is 9.90 Å². The Kier molecular flexibility index (Phi) is 3.47. The minimum atomic E-state index is -4.42. The topological polar surface area (TPSA) is 41.9 Å². The molecule has 0 unspecified atom stereocenters. The molecule has 2 aromatic heterocycles. The molecule has 0 bridgehead atoms. The van der Waals surface area contributed by atoms with Gasteiger partial charge in [-0.1, -0.05) is 28.1 Å². The van der Waals surface area contributed by atoms with E-state index in [9.17, 15) is 18.0 Å². The molecule has 0 saturated carbocycles. The predicted octanol–water partition coefficient (Wildman–Crippen LogP) is 3.84. The maximum absolute atomic E-state index is 12.7. The van der Waals surface area contributed by atoms with Crippen LogP contribution < -0.4 is 10.1 Å². The third-order valence-corrected chi connectivity index (χ3v) is 4.57. The minimum absolute atomic E-state index is 0.317. The van der Waals surface area contributed by atoms with Gasteiger partial charge in [-0.05, 0) is 52.3 Å². The summed E-state index contributed by atoms with van der Waals surface area (Å²) in [4.78, 5) is 12.7. The third-order valence-electron chi connectivity index (χ3n) is 3.97. The summed E-state index contributed by atoms with van der Waals surface area (Å²) in [5.41, 5.74) is 0.344. The van der Waals surface area contributed by atoms with E-state index in [4.69, 9.17) is 0 Å². The number of halogens is 4. The Bertz CT molecular complexity index is 1160. The van der Waals surface area contributed by atoms with Gasteiger partial charge >= 0.3 is 11.7 Å². The van der Waals surface area contributed by atoms with Crippen LogP contribution in [0.1, 0.15) is 5.56 Å². The fraction of sp³-hybridized carbons (Fsp3) is 0.0588. The number of H-pyrrole nitrogens is 1. The van der Waals surface area contributed by atoms with E-state index in [-0.39, 0.29) is 5.56 Å². The lowest BCUT2D eigenvalue weighted by Gasteiger charge is -2.05. The van der Waals surface area contributed by atoms with Crippen LogP contribution in [0, 0.1) is 0 Å². The SMILES string of the molecule is O=c1c2c(Br)cc3ccccc3[n+]2[nH]n1-c1ccc(C(F)(F)F)cc1. The average Bonchev–Trinajstić information content (AvgIpc) is 2.93. The van der Waals surface area contributed by atoms with Gasteiger partial charge < -0.3 is 0 Å². The molecule has 0 aliphatic heterocycles. The molecule has 0 aliphatic rings. The molecule has 4 aromatic rings. The largest absolute Gasteiger partial charge is 0.416 e. The van der Waals surface area contributed by atoms with Crippen LogP contribution in [-0.2, 0) is 6.18 Å². The van der Waals surface area contributed by atoms with Crippen LogP contribution in [0.15, 0.2) is 63.9 Å². The second-order valence-corrected chi connectivity index (χ2v) is 6.37. The Morgan fingerprint density at radius 1 is 1.04 bits per heavy atom. The lowest BCUT2D eigenvalue weighted by atomic mass is 10.2. The fourth-order valence-electron chi connectivity index (χ4n) is 2.77. The van der Waals surface area contributed by atoms with Crippen LogP contribution in [-0.4, -0.2) is 9.90 Å². The first-order valence-electron chi connectivity index (χ1n) is 7.28. The van der Waals surface area contributed by atoms with Crippen LogP contribution in [0.25, 0.3) is 22.1 Å². The van der Waals surface area contributed by atoms with Crippen molar-refractivity contribution in [3.63, 3.8) is 0 Å². The van der Waals surface area contributed by atoms with Gasteiger partial charge in [-0.25, -0.2) is 4.79 Å². The summed E-state index contributed by atoms with van der Waals surface area (Å²) in [6.07, 6.45) is -4.42. The van der Waals surface area contributed by atoms with Gasteiger partial charge in [0.15, 0.2) is 11.2 Å².